The van der Waals surface area contributed by atoms with Crippen molar-refractivity contribution in [1.82, 2.24) is 14.1 Å². The Morgan fingerprint density at radius 2 is 1.76 bits per heavy atom. The number of carbonyl (C=O) groups excluding carboxylic acids is 1. The molecule has 0 saturated carbocycles. The normalized spacial score (nSPS) is 13.4. The number of aromatic nitrogens is 3. The number of rotatable bonds is 4. The number of amides is 1. The van der Waals surface area contributed by atoms with Crippen molar-refractivity contribution in [3.05, 3.63) is 110 Å². The van der Waals surface area contributed by atoms with E-state index in [1.54, 1.807) is 38.1 Å². The minimum Gasteiger partial charge on any atom is -0.386 e. The summed E-state index contributed by atoms with van der Waals surface area (Å²) in [6, 6.07) is 13.8. The SMILES string of the molecule is [2H]C([2H])([2H])n1c(=O)n(-c2cccc(-c3c(F)cc(C(N)=O)c4[nH]c5cc(C(C)(C)O)ccc5c34)c2C)c(=O)c2cccc(F)c21. The first-order valence-electron chi connectivity index (χ1n) is 14.4. The smallest absolute Gasteiger partial charge is 0.335 e. The fraction of sp³-hybridized carbons (Fsp3) is 0.156. The van der Waals surface area contributed by atoms with Crippen LogP contribution in [0.2, 0.25) is 0 Å². The zero-order valence-corrected chi connectivity index (χ0v) is 22.7. The molecule has 2 heterocycles. The van der Waals surface area contributed by atoms with Gasteiger partial charge in [0.25, 0.3) is 11.5 Å². The number of hydrogen-bond acceptors (Lipinski definition) is 4. The second-order valence-corrected chi connectivity index (χ2v) is 10.7. The van der Waals surface area contributed by atoms with Gasteiger partial charge in [-0.05, 0) is 67.8 Å². The molecular weight excluding hydrogens is 542 g/mol. The lowest BCUT2D eigenvalue weighted by atomic mass is 9.91. The Morgan fingerprint density at radius 1 is 1.02 bits per heavy atom. The van der Waals surface area contributed by atoms with E-state index in [-0.39, 0.29) is 48.8 Å². The van der Waals surface area contributed by atoms with Crippen molar-refractivity contribution in [2.24, 2.45) is 12.7 Å². The van der Waals surface area contributed by atoms with E-state index in [4.69, 9.17) is 9.85 Å². The molecule has 0 atom stereocenters. The number of primary amides is 1. The number of carbonyl (C=O) groups is 1. The van der Waals surface area contributed by atoms with Gasteiger partial charge in [0.15, 0.2) is 0 Å². The van der Waals surface area contributed by atoms with E-state index in [0.29, 0.717) is 21.0 Å². The molecule has 4 N–H and O–H groups in total. The molecule has 6 aromatic rings. The van der Waals surface area contributed by atoms with Crippen molar-refractivity contribution in [2.45, 2.75) is 26.4 Å². The summed E-state index contributed by atoms with van der Waals surface area (Å²) in [7, 11) is 0. The van der Waals surface area contributed by atoms with Gasteiger partial charge in [0.2, 0.25) is 0 Å². The largest absolute Gasteiger partial charge is 0.386 e. The van der Waals surface area contributed by atoms with E-state index < -0.39 is 46.9 Å². The number of aryl methyl sites for hydroxylation is 1. The first-order valence-corrected chi connectivity index (χ1v) is 12.9. The Morgan fingerprint density at radius 3 is 2.45 bits per heavy atom. The number of para-hydroxylation sites is 1. The summed E-state index contributed by atoms with van der Waals surface area (Å²) in [5, 5.41) is 11.0. The van der Waals surface area contributed by atoms with Gasteiger partial charge in [0, 0.05) is 32.9 Å². The van der Waals surface area contributed by atoms with Gasteiger partial charge >= 0.3 is 5.69 Å². The maximum Gasteiger partial charge on any atom is 0.335 e. The molecule has 0 bridgehead atoms. The number of nitrogens with one attached hydrogen (secondary N) is 1. The summed E-state index contributed by atoms with van der Waals surface area (Å²) in [6.07, 6.45) is 0. The summed E-state index contributed by atoms with van der Waals surface area (Å²) in [5.74, 6) is -2.76. The lowest BCUT2D eigenvalue weighted by molar-refractivity contribution is 0.0787. The Hall–Kier alpha value is -5.09. The molecule has 8 nitrogen and oxygen atoms in total. The second-order valence-electron chi connectivity index (χ2n) is 10.7. The highest BCUT2D eigenvalue weighted by Gasteiger charge is 2.25. The van der Waals surface area contributed by atoms with Crippen LogP contribution in [0.4, 0.5) is 8.78 Å². The first-order chi connectivity index (χ1) is 21.0. The monoisotopic (exact) mass is 571 g/mol. The Labute approximate surface area is 241 Å². The second kappa shape index (κ2) is 9.22. The van der Waals surface area contributed by atoms with Gasteiger partial charge in [-0.2, -0.15) is 0 Å². The standard InChI is InChI=1S/C32H26F2N4O4/c1-15-17(7-6-10-24(15)38-30(40)19-8-5-9-21(33)28(19)37(4)31(38)41)25-22(34)14-20(29(35)39)27-26(25)18-12-11-16(32(2,3)42)13-23(18)36-27/h5-14,36,42H,1-4H3,(H2,35,39)/i4D3. The van der Waals surface area contributed by atoms with Crippen LogP contribution in [0.25, 0.3) is 49.5 Å². The Balaban J connectivity index is 1.73. The highest BCUT2D eigenvalue weighted by molar-refractivity contribution is 6.20. The van der Waals surface area contributed by atoms with Crippen LogP contribution < -0.4 is 17.0 Å². The molecule has 0 aliphatic carbocycles. The third kappa shape index (κ3) is 3.87. The van der Waals surface area contributed by atoms with E-state index in [9.17, 15) is 23.9 Å². The average Bonchev–Trinajstić information content (AvgIpc) is 3.32. The molecule has 1 amide bonds. The zero-order chi connectivity index (χ0) is 32.7. The Kier molecular flexibility index (Phi) is 5.18. The maximum atomic E-state index is 16.1. The van der Waals surface area contributed by atoms with Crippen LogP contribution in [-0.4, -0.2) is 25.1 Å². The number of benzene rings is 4. The number of nitrogens with zero attached hydrogens (tertiary/aromatic N) is 2. The number of H-pyrrole nitrogens is 1. The minimum absolute atomic E-state index is 0.0210. The summed E-state index contributed by atoms with van der Waals surface area (Å²) < 4.78 is 55.7. The average molecular weight is 572 g/mol. The van der Waals surface area contributed by atoms with Crippen molar-refractivity contribution in [1.29, 1.82) is 0 Å². The van der Waals surface area contributed by atoms with Gasteiger partial charge in [0.05, 0.1) is 33.3 Å². The van der Waals surface area contributed by atoms with Crippen LogP contribution in [0, 0.1) is 18.6 Å². The van der Waals surface area contributed by atoms with E-state index in [0.717, 1.165) is 12.1 Å². The molecule has 0 aliphatic heterocycles. The topological polar surface area (TPSA) is 123 Å². The first kappa shape index (κ1) is 23.6. The fourth-order valence-corrected chi connectivity index (χ4v) is 5.55. The molecule has 6 rings (SSSR count). The Bertz CT molecular complexity index is 2370. The molecule has 42 heavy (non-hydrogen) atoms. The summed E-state index contributed by atoms with van der Waals surface area (Å²) in [6.45, 7) is 1.59. The number of aliphatic hydroxyl groups is 1. The molecule has 2 aromatic heterocycles. The van der Waals surface area contributed by atoms with Crippen LogP contribution in [-0.2, 0) is 12.6 Å². The van der Waals surface area contributed by atoms with E-state index in [1.807, 2.05) is 0 Å². The third-order valence-electron chi connectivity index (χ3n) is 7.64. The molecule has 0 aliphatic rings. The minimum atomic E-state index is -3.15. The van der Waals surface area contributed by atoms with Crippen LogP contribution in [0.3, 0.4) is 0 Å². The lowest BCUT2D eigenvalue weighted by Gasteiger charge is -2.18. The van der Waals surface area contributed by atoms with E-state index in [1.165, 1.54) is 31.2 Å². The highest BCUT2D eigenvalue weighted by Crippen LogP contribution is 2.41. The predicted molar refractivity (Wildman–Crippen MR) is 158 cm³/mol. The van der Waals surface area contributed by atoms with Crippen LogP contribution in [0.5, 0.6) is 0 Å². The predicted octanol–water partition coefficient (Wildman–Crippen LogP) is 4.90. The quantitative estimate of drug-likeness (QED) is 0.278. The lowest BCUT2D eigenvalue weighted by Crippen LogP contribution is -2.38. The molecule has 4 aromatic carbocycles. The van der Waals surface area contributed by atoms with Crippen molar-refractivity contribution < 1.29 is 22.8 Å². The number of hydrogen-bond donors (Lipinski definition) is 3. The number of fused-ring (bicyclic) bond motifs is 4. The molecule has 10 heteroatoms. The summed E-state index contributed by atoms with van der Waals surface area (Å²) >= 11 is 0. The highest BCUT2D eigenvalue weighted by atomic mass is 19.1. The van der Waals surface area contributed by atoms with Gasteiger partial charge in [-0.25, -0.2) is 18.1 Å². The summed E-state index contributed by atoms with van der Waals surface area (Å²) in [4.78, 5) is 42.9. The molecule has 0 radical (unpaired) electrons. The maximum absolute atomic E-state index is 16.1. The van der Waals surface area contributed by atoms with Crippen molar-refractivity contribution >= 4 is 38.6 Å². The molecule has 0 saturated heterocycles. The third-order valence-corrected chi connectivity index (χ3v) is 7.64. The molecule has 0 unspecified atom stereocenters. The number of aromatic amines is 1. The van der Waals surface area contributed by atoms with Crippen molar-refractivity contribution in [2.75, 3.05) is 0 Å². The zero-order valence-electron chi connectivity index (χ0n) is 25.7. The molecule has 0 spiro atoms. The number of halogens is 2. The van der Waals surface area contributed by atoms with Crippen LogP contribution in [0.1, 0.15) is 39.4 Å². The van der Waals surface area contributed by atoms with Crippen molar-refractivity contribution in [3.63, 3.8) is 0 Å². The van der Waals surface area contributed by atoms with Gasteiger partial charge in [-0.3, -0.25) is 14.2 Å². The van der Waals surface area contributed by atoms with E-state index >= 15 is 4.39 Å². The van der Waals surface area contributed by atoms with Gasteiger partial charge in [0.1, 0.15) is 11.6 Å². The number of nitrogens with two attached hydrogens (primary N) is 1. The molecule has 212 valence electrons. The molecule has 0 fully saturated rings. The van der Waals surface area contributed by atoms with Gasteiger partial charge in [-0.1, -0.05) is 30.3 Å². The molecular formula is C32H26F2N4O4. The fourth-order valence-electron chi connectivity index (χ4n) is 5.55. The van der Waals surface area contributed by atoms with Crippen LogP contribution >= 0.6 is 0 Å². The van der Waals surface area contributed by atoms with Crippen molar-refractivity contribution in [3.8, 4) is 16.8 Å². The van der Waals surface area contributed by atoms with Gasteiger partial charge < -0.3 is 15.8 Å². The van der Waals surface area contributed by atoms with Gasteiger partial charge in [-0.15, -0.1) is 0 Å². The van der Waals surface area contributed by atoms with E-state index in [2.05, 4.69) is 4.98 Å². The summed E-state index contributed by atoms with van der Waals surface area (Å²) in [5.41, 5.74) is 3.06. The van der Waals surface area contributed by atoms with Crippen LogP contribution in [0.15, 0.2) is 70.3 Å².